The minimum absolute atomic E-state index is 0.168. The lowest BCUT2D eigenvalue weighted by Crippen LogP contribution is -2.08. The fraction of sp³-hybridized carbons (Fsp3) is 0.750. The van der Waals surface area contributed by atoms with Crippen LogP contribution in [0.4, 0.5) is 0 Å². The maximum Gasteiger partial charge on any atom is 0.368 e. The Balaban J connectivity index is 2.99. The molecule has 0 atom stereocenters. The van der Waals surface area contributed by atoms with E-state index in [1.807, 2.05) is 0 Å². The van der Waals surface area contributed by atoms with Crippen molar-refractivity contribution in [3.63, 3.8) is 0 Å². The zero-order chi connectivity index (χ0) is 6.41. The number of carbonyl (C=O) groups excluding carboxylic acids is 1. The summed E-state index contributed by atoms with van der Waals surface area (Å²) in [6.45, 7) is 1.76. The summed E-state index contributed by atoms with van der Waals surface area (Å²) in [4.78, 5) is 10.3. The molecule has 0 N–H and O–H groups in total. The molecule has 0 aromatic rings. The largest absolute Gasteiger partial charge is 0.499 e. The molecule has 0 saturated carbocycles. The van der Waals surface area contributed by atoms with Crippen molar-refractivity contribution in [2.45, 2.75) is 13.3 Å². The van der Waals surface area contributed by atoms with Gasteiger partial charge in [-0.15, -0.1) is 0 Å². The van der Waals surface area contributed by atoms with Gasteiger partial charge in [-0.3, -0.25) is 4.79 Å². The maximum absolute atomic E-state index is 10.3. The van der Waals surface area contributed by atoms with Gasteiger partial charge in [-0.1, -0.05) is 6.92 Å². The van der Waals surface area contributed by atoms with Crippen LogP contribution >= 0.6 is 0 Å². The molecule has 0 aliphatic heterocycles. The standard InChI is InChI=1S/C4H10O3Si/c1-3-4(5)7-8-6-2/h3,8H2,1-2H3. The highest BCUT2D eigenvalue weighted by Gasteiger charge is 1.94. The second kappa shape index (κ2) is 4.80. The average molecular weight is 134 g/mol. The van der Waals surface area contributed by atoms with Crippen LogP contribution in [0.1, 0.15) is 13.3 Å². The monoisotopic (exact) mass is 134 g/mol. The van der Waals surface area contributed by atoms with Crippen LogP contribution in [0.5, 0.6) is 0 Å². The first-order chi connectivity index (χ1) is 3.81. The molecule has 0 aliphatic rings. The quantitative estimate of drug-likeness (QED) is 0.492. The SMILES string of the molecule is CCC(=O)O[SiH2]OC. The van der Waals surface area contributed by atoms with Crippen LogP contribution < -0.4 is 0 Å². The van der Waals surface area contributed by atoms with E-state index in [0.717, 1.165) is 0 Å². The molecule has 3 nitrogen and oxygen atoms in total. The van der Waals surface area contributed by atoms with Crippen molar-refractivity contribution in [1.29, 1.82) is 0 Å². The van der Waals surface area contributed by atoms with Crippen LogP contribution in [0.15, 0.2) is 0 Å². The van der Waals surface area contributed by atoms with Gasteiger partial charge in [0.05, 0.1) is 0 Å². The van der Waals surface area contributed by atoms with Crippen LogP contribution in [0.25, 0.3) is 0 Å². The Labute approximate surface area is 51.0 Å². The minimum atomic E-state index is -0.986. The van der Waals surface area contributed by atoms with Gasteiger partial charge in [0.15, 0.2) is 0 Å². The molecule has 0 fully saturated rings. The molecule has 0 bridgehead atoms. The molecule has 0 saturated heterocycles. The van der Waals surface area contributed by atoms with Gasteiger partial charge in [-0.05, 0) is 0 Å². The molecule has 0 rings (SSSR count). The van der Waals surface area contributed by atoms with E-state index >= 15 is 0 Å². The third-order valence-electron chi connectivity index (χ3n) is 0.626. The van der Waals surface area contributed by atoms with Gasteiger partial charge >= 0.3 is 10.0 Å². The molecule has 0 aliphatic carbocycles. The number of hydrogen-bond donors (Lipinski definition) is 0. The number of rotatable bonds is 3. The highest BCUT2D eigenvalue weighted by molar-refractivity contribution is 6.22. The third-order valence-corrected chi connectivity index (χ3v) is 1.30. The Hall–Kier alpha value is -0.353. The maximum atomic E-state index is 10.3. The molecule has 0 aromatic carbocycles. The highest BCUT2D eigenvalue weighted by atomic mass is 28.3. The molecule has 0 aromatic heterocycles. The normalized spacial score (nSPS) is 10.2. The van der Waals surface area contributed by atoms with Crippen molar-refractivity contribution in [3.8, 4) is 0 Å². The van der Waals surface area contributed by atoms with Crippen molar-refractivity contribution < 1.29 is 13.6 Å². The van der Waals surface area contributed by atoms with Crippen molar-refractivity contribution >= 4 is 16.0 Å². The first kappa shape index (κ1) is 7.65. The fourth-order valence-electron chi connectivity index (χ4n) is 0.227. The number of carbonyl (C=O) groups is 1. The molecule has 4 heteroatoms. The molecular weight excluding hydrogens is 124 g/mol. The second-order valence-corrected chi connectivity index (χ2v) is 2.38. The molecule has 0 spiro atoms. The smallest absolute Gasteiger partial charge is 0.368 e. The summed E-state index contributed by atoms with van der Waals surface area (Å²) in [5, 5.41) is 0. The van der Waals surface area contributed by atoms with E-state index in [9.17, 15) is 4.79 Å². The predicted molar refractivity (Wildman–Crippen MR) is 31.9 cm³/mol. The van der Waals surface area contributed by atoms with E-state index in [4.69, 9.17) is 0 Å². The summed E-state index contributed by atoms with van der Waals surface area (Å²) in [6, 6.07) is 0. The molecule has 48 valence electrons. The molecule has 0 amide bonds. The Morgan fingerprint density at radius 2 is 2.38 bits per heavy atom. The van der Waals surface area contributed by atoms with Crippen molar-refractivity contribution in [2.24, 2.45) is 0 Å². The topological polar surface area (TPSA) is 35.5 Å². The van der Waals surface area contributed by atoms with Gasteiger partial charge < -0.3 is 8.85 Å². The summed E-state index contributed by atoms with van der Waals surface area (Å²) in [5.41, 5.74) is 0. The van der Waals surface area contributed by atoms with Crippen LogP contribution in [0.2, 0.25) is 0 Å². The van der Waals surface area contributed by atoms with E-state index < -0.39 is 10.0 Å². The Morgan fingerprint density at radius 3 is 2.75 bits per heavy atom. The van der Waals surface area contributed by atoms with Crippen molar-refractivity contribution in [1.82, 2.24) is 0 Å². The summed E-state index contributed by atoms with van der Waals surface area (Å²) >= 11 is 0. The van der Waals surface area contributed by atoms with Gasteiger partial charge in [0.1, 0.15) is 0 Å². The van der Waals surface area contributed by atoms with Crippen LogP contribution in [0.3, 0.4) is 0 Å². The number of hydrogen-bond acceptors (Lipinski definition) is 3. The van der Waals surface area contributed by atoms with Crippen LogP contribution in [-0.4, -0.2) is 23.1 Å². The Morgan fingerprint density at radius 1 is 1.75 bits per heavy atom. The summed E-state index contributed by atoms with van der Waals surface area (Å²) in [5.74, 6) is -0.168. The first-order valence-corrected chi connectivity index (χ1v) is 3.61. The van der Waals surface area contributed by atoms with E-state index in [1.165, 1.54) is 7.11 Å². The molecule has 0 radical (unpaired) electrons. The average Bonchev–Trinajstić information content (AvgIpc) is 1.83. The lowest BCUT2D eigenvalue weighted by atomic mass is 10.5. The van der Waals surface area contributed by atoms with E-state index in [0.29, 0.717) is 6.42 Å². The Kier molecular flexibility index (Phi) is 4.59. The lowest BCUT2D eigenvalue weighted by Gasteiger charge is -1.97. The summed E-state index contributed by atoms with van der Waals surface area (Å²) < 4.78 is 9.23. The van der Waals surface area contributed by atoms with Gasteiger partial charge in [0.25, 0.3) is 5.97 Å². The highest BCUT2D eigenvalue weighted by Crippen LogP contribution is 1.80. The Bertz CT molecular complexity index is 73.7. The molecule has 8 heavy (non-hydrogen) atoms. The third kappa shape index (κ3) is 3.82. The van der Waals surface area contributed by atoms with Gasteiger partial charge in [0, 0.05) is 13.5 Å². The van der Waals surface area contributed by atoms with Gasteiger partial charge in [-0.2, -0.15) is 0 Å². The van der Waals surface area contributed by atoms with E-state index in [1.54, 1.807) is 6.92 Å². The van der Waals surface area contributed by atoms with Crippen molar-refractivity contribution in [3.05, 3.63) is 0 Å². The molecule has 0 heterocycles. The first-order valence-electron chi connectivity index (χ1n) is 2.45. The zero-order valence-corrected chi connectivity index (χ0v) is 6.55. The zero-order valence-electron chi connectivity index (χ0n) is 5.14. The minimum Gasteiger partial charge on any atom is -0.499 e. The second-order valence-electron chi connectivity index (χ2n) is 1.28. The van der Waals surface area contributed by atoms with E-state index in [2.05, 4.69) is 8.85 Å². The summed E-state index contributed by atoms with van der Waals surface area (Å²) in [7, 11) is 0.551. The lowest BCUT2D eigenvalue weighted by molar-refractivity contribution is -0.134. The van der Waals surface area contributed by atoms with Gasteiger partial charge in [0.2, 0.25) is 0 Å². The fourth-order valence-corrected chi connectivity index (χ4v) is 0.680. The predicted octanol–water partition coefficient (Wildman–Crippen LogP) is -0.415. The van der Waals surface area contributed by atoms with Crippen LogP contribution in [-0.2, 0) is 13.6 Å². The molecular formula is C4H10O3Si. The summed E-state index contributed by atoms with van der Waals surface area (Å²) in [6.07, 6.45) is 0.441. The van der Waals surface area contributed by atoms with Crippen LogP contribution in [0, 0.1) is 0 Å². The molecule has 0 unspecified atom stereocenters. The van der Waals surface area contributed by atoms with E-state index in [-0.39, 0.29) is 5.97 Å². The van der Waals surface area contributed by atoms with Crippen molar-refractivity contribution in [2.75, 3.05) is 7.11 Å². The van der Waals surface area contributed by atoms with Gasteiger partial charge in [-0.25, -0.2) is 0 Å².